The number of fused-ring (bicyclic) bond motifs is 1. The van der Waals surface area contributed by atoms with Gasteiger partial charge in [-0.15, -0.1) is 0 Å². The fraction of sp³-hybridized carbons (Fsp3) is 0.286. The maximum Gasteiger partial charge on any atom is 0.407 e. The molecule has 0 fully saturated rings. The van der Waals surface area contributed by atoms with Gasteiger partial charge in [0.05, 0.1) is 6.26 Å². The van der Waals surface area contributed by atoms with Crippen molar-refractivity contribution in [1.82, 2.24) is 5.32 Å². The fourth-order valence-corrected chi connectivity index (χ4v) is 3.10. The molecule has 136 valence electrons. The number of hydrogen-bond acceptors (Lipinski definition) is 3. The van der Waals surface area contributed by atoms with E-state index in [0.717, 1.165) is 33.0 Å². The molecule has 0 saturated heterocycles. The molecule has 1 heterocycles. The van der Waals surface area contributed by atoms with Crippen LogP contribution < -0.4 is 5.32 Å². The summed E-state index contributed by atoms with van der Waals surface area (Å²) in [5.41, 5.74) is 4.64. The summed E-state index contributed by atoms with van der Waals surface area (Å²) in [6.45, 7) is 5.94. The first-order chi connectivity index (χ1) is 12.4. The average molecular weight is 416 g/mol. The Labute approximate surface area is 161 Å². The van der Waals surface area contributed by atoms with Crippen molar-refractivity contribution in [3.05, 3.63) is 59.9 Å². The third-order valence-electron chi connectivity index (χ3n) is 3.84. The molecule has 0 unspecified atom stereocenters. The molecule has 4 nitrogen and oxygen atoms in total. The van der Waals surface area contributed by atoms with Gasteiger partial charge >= 0.3 is 6.09 Å². The van der Waals surface area contributed by atoms with Crippen LogP contribution in [0.25, 0.3) is 22.1 Å². The van der Waals surface area contributed by atoms with Crippen LogP contribution in [-0.4, -0.2) is 11.7 Å². The summed E-state index contributed by atoms with van der Waals surface area (Å²) < 4.78 is 11.0. The molecule has 5 heteroatoms. The Morgan fingerprint density at radius 3 is 2.69 bits per heavy atom. The Balaban J connectivity index is 1.84. The summed E-state index contributed by atoms with van der Waals surface area (Å²) in [5.74, 6) is 0. The van der Waals surface area contributed by atoms with Gasteiger partial charge in [0.2, 0.25) is 0 Å². The summed E-state index contributed by atoms with van der Waals surface area (Å²) >= 11 is 3.53. The predicted octanol–water partition coefficient (Wildman–Crippen LogP) is 6.02. The number of alkyl carbamates (subject to hydrolysis) is 1. The van der Waals surface area contributed by atoms with Crippen molar-refractivity contribution in [1.29, 1.82) is 0 Å². The molecule has 26 heavy (non-hydrogen) atoms. The molecule has 0 saturated carbocycles. The van der Waals surface area contributed by atoms with Crippen molar-refractivity contribution in [2.45, 2.75) is 38.2 Å². The number of ether oxygens (including phenoxy) is 1. The lowest BCUT2D eigenvalue weighted by Gasteiger charge is -2.19. The van der Waals surface area contributed by atoms with Crippen LogP contribution in [0.15, 0.2) is 53.1 Å². The van der Waals surface area contributed by atoms with E-state index < -0.39 is 11.7 Å². The summed E-state index contributed by atoms with van der Waals surface area (Å²) in [7, 11) is 0. The lowest BCUT2D eigenvalue weighted by atomic mass is 9.99. The van der Waals surface area contributed by atoms with Gasteiger partial charge in [0.25, 0.3) is 0 Å². The SMILES string of the molecule is CC(C)(C)OC(=O)NCc1cccc(-c2cc(CBr)cc3ccoc23)c1. The summed E-state index contributed by atoms with van der Waals surface area (Å²) in [5, 5.41) is 4.65. The van der Waals surface area contributed by atoms with Crippen LogP contribution in [0.1, 0.15) is 31.9 Å². The molecular weight excluding hydrogens is 394 g/mol. The molecule has 1 N–H and O–H groups in total. The van der Waals surface area contributed by atoms with E-state index in [1.807, 2.05) is 45.0 Å². The van der Waals surface area contributed by atoms with E-state index in [1.165, 1.54) is 5.56 Å². The Morgan fingerprint density at radius 2 is 1.96 bits per heavy atom. The van der Waals surface area contributed by atoms with Gasteiger partial charge in [-0.25, -0.2) is 4.79 Å². The highest BCUT2D eigenvalue weighted by Gasteiger charge is 2.16. The number of rotatable bonds is 4. The number of amides is 1. The maximum absolute atomic E-state index is 11.9. The van der Waals surface area contributed by atoms with Crippen LogP contribution in [0.3, 0.4) is 0 Å². The second kappa shape index (κ2) is 7.54. The highest BCUT2D eigenvalue weighted by molar-refractivity contribution is 9.08. The predicted molar refractivity (Wildman–Crippen MR) is 107 cm³/mol. The Hall–Kier alpha value is -2.27. The zero-order chi connectivity index (χ0) is 18.7. The molecular formula is C21H22BrNO3. The quantitative estimate of drug-likeness (QED) is 0.529. The van der Waals surface area contributed by atoms with Gasteiger partial charge in [-0.2, -0.15) is 0 Å². The minimum atomic E-state index is -0.507. The number of nitrogens with one attached hydrogen (secondary N) is 1. The topological polar surface area (TPSA) is 51.5 Å². The minimum absolute atomic E-state index is 0.405. The standard InChI is InChI=1S/C21H22BrNO3/c1-21(2,3)26-20(24)23-13-14-5-4-6-16(9-14)18-11-15(12-22)10-17-7-8-25-19(17)18/h4-11H,12-13H2,1-3H3,(H,23,24). The van der Waals surface area contributed by atoms with Crippen molar-refractivity contribution >= 4 is 33.0 Å². The maximum atomic E-state index is 11.9. The van der Waals surface area contributed by atoms with Crippen LogP contribution in [0.4, 0.5) is 4.79 Å². The monoisotopic (exact) mass is 415 g/mol. The van der Waals surface area contributed by atoms with E-state index in [9.17, 15) is 4.79 Å². The fourth-order valence-electron chi connectivity index (χ4n) is 2.77. The molecule has 0 spiro atoms. The normalized spacial score (nSPS) is 11.5. The second-order valence-electron chi connectivity index (χ2n) is 7.17. The van der Waals surface area contributed by atoms with E-state index in [4.69, 9.17) is 9.15 Å². The number of furan rings is 1. The van der Waals surface area contributed by atoms with E-state index >= 15 is 0 Å². The van der Waals surface area contributed by atoms with Gasteiger partial charge in [-0.1, -0.05) is 34.1 Å². The van der Waals surface area contributed by atoms with Crippen molar-refractivity contribution < 1.29 is 13.9 Å². The zero-order valence-electron chi connectivity index (χ0n) is 15.1. The van der Waals surface area contributed by atoms with Gasteiger partial charge in [-0.3, -0.25) is 0 Å². The minimum Gasteiger partial charge on any atom is -0.464 e. The van der Waals surface area contributed by atoms with Crippen LogP contribution in [-0.2, 0) is 16.6 Å². The largest absolute Gasteiger partial charge is 0.464 e. The molecule has 1 aromatic heterocycles. The first-order valence-corrected chi connectivity index (χ1v) is 9.60. The third-order valence-corrected chi connectivity index (χ3v) is 4.49. The summed E-state index contributed by atoms with van der Waals surface area (Å²) in [6.07, 6.45) is 1.29. The molecule has 0 aliphatic carbocycles. The van der Waals surface area contributed by atoms with E-state index in [1.54, 1.807) is 6.26 Å². The number of hydrogen-bond donors (Lipinski definition) is 1. The van der Waals surface area contributed by atoms with Gasteiger partial charge in [0.1, 0.15) is 11.2 Å². The number of carbonyl (C=O) groups is 1. The summed E-state index contributed by atoms with van der Waals surface area (Å²) in [6, 6.07) is 14.3. The molecule has 0 atom stereocenters. The lowest BCUT2D eigenvalue weighted by molar-refractivity contribution is 0.0523. The number of carbonyl (C=O) groups excluding carboxylic acids is 1. The Kier molecular flexibility index (Phi) is 5.37. The smallest absolute Gasteiger partial charge is 0.407 e. The number of benzene rings is 2. The van der Waals surface area contributed by atoms with Gasteiger partial charge in [0.15, 0.2) is 0 Å². The molecule has 2 aromatic carbocycles. The van der Waals surface area contributed by atoms with E-state index in [2.05, 4.69) is 39.4 Å². The van der Waals surface area contributed by atoms with Crippen LogP contribution in [0, 0.1) is 0 Å². The first kappa shape index (κ1) is 18.5. The van der Waals surface area contributed by atoms with Gasteiger partial charge in [0, 0.05) is 22.8 Å². The lowest BCUT2D eigenvalue weighted by Crippen LogP contribution is -2.32. The molecule has 1 amide bonds. The summed E-state index contributed by atoms with van der Waals surface area (Å²) in [4.78, 5) is 11.9. The van der Waals surface area contributed by atoms with Crippen molar-refractivity contribution in [2.75, 3.05) is 0 Å². The number of halogens is 1. The molecule has 3 rings (SSSR count). The molecule has 0 aliphatic rings. The Morgan fingerprint density at radius 1 is 1.15 bits per heavy atom. The molecule has 0 bridgehead atoms. The Bertz CT molecular complexity index is 924. The van der Waals surface area contributed by atoms with Crippen LogP contribution in [0.2, 0.25) is 0 Å². The third kappa shape index (κ3) is 4.47. The van der Waals surface area contributed by atoms with Crippen molar-refractivity contribution in [2.24, 2.45) is 0 Å². The highest BCUT2D eigenvalue weighted by atomic mass is 79.9. The van der Waals surface area contributed by atoms with Gasteiger partial charge in [-0.05, 0) is 61.7 Å². The van der Waals surface area contributed by atoms with Gasteiger partial charge < -0.3 is 14.5 Å². The zero-order valence-corrected chi connectivity index (χ0v) is 16.7. The molecule has 3 aromatic rings. The average Bonchev–Trinajstić information content (AvgIpc) is 3.06. The molecule has 0 aliphatic heterocycles. The van der Waals surface area contributed by atoms with E-state index in [-0.39, 0.29) is 0 Å². The van der Waals surface area contributed by atoms with E-state index in [0.29, 0.717) is 6.54 Å². The number of alkyl halides is 1. The van der Waals surface area contributed by atoms with Crippen molar-refractivity contribution in [3.8, 4) is 11.1 Å². The van der Waals surface area contributed by atoms with Crippen molar-refractivity contribution in [3.63, 3.8) is 0 Å². The highest BCUT2D eigenvalue weighted by Crippen LogP contribution is 2.32. The van der Waals surface area contributed by atoms with Crippen LogP contribution >= 0.6 is 15.9 Å². The first-order valence-electron chi connectivity index (χ1n) is 8.48. The molecule has 0 radical (unpaired) electrons. The van der Waals surface area contributed by atoms with Crippen LogP contribution in [0.5, 0.6) is 0 Å². The second-order valence-corrected chi connectivity index (χ2v) is 7.73.